The molecule has 5 heteroatoms. The van der Waals surface area contributed by atoms with Crippen molar-refractivity contribution in [2.24, 2.45) is 17.8 Å². The Hall–Kier alpha value is -2.33. The van der Waals surface area contributed by atoms with Gasteiger partial charge in [0.25, 0.3) is 0 Å². The molecule has 2 heterocycles. The number of aryl methyl sites for hydroxylation is 1. The van der Waals surface area contributed by atoms with Crippen LogP contribution in [0.5, 0.6) is 0 Å². The monoisotopic (exact) mass is 845 g/mol. The second kappa shape index (κ2) is 16.6. The van der Waals surface area contributed by atoms with Crippen molar-refractivity contribution in [3.05, 3.63) is 76.7 Å². The Kier molecular flexibility index (Phi) is 13.9. The van der Waals surface area contributed by atoms with E-state index < -0.39 is 0 Å². The Morgan fingerprint density at radius 1 is 0.938 bits per heavy atom. The quantitative estimate of drug-likeness (QED) is 0.0983. The van der Waals surface area contributed by atoms with E-state index in [-0.39, 0.29) is 54.3 Å². The van der Waals surface area contributed by atoms with Gasteiger partial charge in [0, 0.05) is 64.7 Å². The van der Waals surface area contributed by atoms with E-state index in [0.29, 0.717) is 5.92 Å². The molecule has 0 fully saturated rings. The summed E-state index contributed by atoms with van der Waals surface area (Å²) >= 11 is 1.96. The number of benzene rings is 2. The zero-order valence-electron chi connectivity index (χ0n) is 31.3. The third kappa shape index (κ3) is 8.17. The van der Waals surface area contributed by atoms with E-state index in [0.717, 1.165) is 43.4 Å². The molecular formula is C43H58IrNO2S-. The van der Waals surface area contributed by atoms with Crippen LogP contribution in [0.3, 0.4) is 0 Å². The maximum absolute atomic E-state index is 11.7. The number of thiophene rings is 1. The number of aliphatic hydroxyl groups excluding tert-OH is 1. The molecule has 1 N–H and O–H groups in total. The Morgan fingerprint density at radius 3 is 2.08 bits per heavy atom. The number of pyridine rings is 1. The zero-order valence-corrected chi connectivity index (χ0v) is 34.5. The van der Waals surface area contributed by atoms with Gasteiger partial charge in [-0.2, -0.15) is 0 Å². The number of aromatic nitrogens is 1. The van der Waals surface area contributed by atoms with Crippen LogP contribution < -0.4 is 0 Å². The summed E-state index contributed by atoms with van der Waals surface area (Å²) in [7, 11) is 0. The van der Waals surface area contributed by atoms with E-state index in [4.69, 9.17) is 4.98 Å². The normalized spacial score (nSPS) is 15.4. The molecule has 3 nitrogen and oxygen atoms in total. The van der Waals surface area contributed by atoms with Crippen molar-refractivity contribution in [3.8, 4) is 11.3 Å². The van der Waals surface area contributed by atoms with Gasteiger partial charge >= 0.3 is 0 Å². The van der Waals surface area contributed by atoms with Crippen LogP contribution in [0.2, 0.25) is 0 Å². The third-order valence-corrected chi connectivity index (χ3v) is 11.8. The van der Waals surface area contributed by atoms with Crippen molar-refractivity contribution in [2.75, 3.05) is 0 Å². The molecule has 0 saturated carbocycles. The fourth-order valence-corrected chi connectivity index (χ4v) is 9.21. The summed E-state index contributed by atoms with van der Waals surface area (Å²) in [5.41, 5.74) is 8.86. The van der Waals surface area contributed by atoms with E-state index in [1.54, 1.807) is 16.7 Å². The summed E-state index contributed by atoms with van der Waals surface area (Å²) in [6.07, 6.45) is 10.5. The van der Waals surface area contributed by atoms with Gasteiger partial charge in [0.2, 0.25) is 0 Å². The first-order valence-electron chi connectivity index (χ1n) is 18.0. The SMILES string of the molecule is CCC(CC)C(=O)/C=C(\O)C(CC)CC.Cc1c(CC(C)C)c2c(c3sc4c(-c5[c-]cccc5)nccc4c13)C(C)(C)CCC2(C)C.[Ir]. The number of hydrogen-bond acceptors (Lipinski definition) is 4. The first-order chi connectivity index (χ1) is 22.2. The van der Waals surface area contributed by atoms with Crippen molar-refractivity contribution >= 4 is 37.3 Å². The summed E-state index contributed by atoms with van der Waals surface area (Å²) in [6, 6.07) is 13.9. The molecule has 0 atom stereocenters. The van der Waals surface area contributed by atoms with Crippen LogP contribution in [0.25, 0.3) is 31.4 Å². The number of aliphatic hydroxyl groups is 1. The molecule has 0 amide bonds. The summed E-state index contributed by atoms with van der Waals surface area (Å²) in [5, 5.41) is 12.6. The molecule has 48 heavy (non-hydrogen) atoms. The maximum atomic E-state index is 11.7. The van der Waals surface area contributed by atoms with Gasteiger partial charge in [-0.1, -0.05) is 69.2 Å². The second-order valence-electron chi connectivity index (χ2n) is 15.3. The Morgan fingerprint density at radius 2 is 1.54 bits per heavy atom. The van der Waals surface area contributed by atoms with E-state index in [2.05, 4.69) is 72.7 Å². The second-order valence-corrected chi connectivity index (χ2v) is 16.4. The molecule has 4 aromatic rings. The van der Waals surface area contributed by atoms with E-state index in [1.165, 1.54) is 44.7 Å². The van der Waals surface area contributed by atoms with Crippen LogP contribution in [0, 0.1) is 30.7 Å². The number of nitrogens with zero attached hydrogens (tertiary/aromatic N) is 1. The van der Waals surface area contributed by atoms with Crippen LogP contribution >= 0.6 is 11.3 Å². The summed E-state index contributed by atoms with van der Waals surface area (Å²) in [5.74, 6) is 1.18. The van der Waals surface area contributed by atoms with Crippen LogP contribution in [0.15, 0.2) is 48.4 Å². The average molecular weight is 845 g/mol. The Labute approximate surface area is 308 Å². The predicted octanol–water partition coefficient (Wildman–Crippen LogP) is 12.6. The number of hydrogen-bond donors (Lipinski definition) is 1. The Balaban J connectivity index is 0.000000334. The number of fused-ring (bicyclic) bond motifs is 5. The van der Waals surface area contributed by atoms with Crippen LogP contribution in [0.1, 0.15) is 130 Å². The molecular weight excluding hydrogens is 787 g/mol. The minimum Gasteiger partial charge on any atom is -0.512 e. The average Bonchev–Trinajstić information content (AvgIpc) is 3.42. The van der Waals surface area contributed by atoms with E-state index >= 15 is 0 Å². The minimum atomic E-state index is 0. The number of rotatable bonds is 10. The topological polar surface area (TPSA) is 50.2 Å². The smallest absolute Gasteiger partial charge is 0.162 e. The molecule has 263 valence electrons. The number of ketones is 1. The largest absolute Gasteiger partial charge is 0.512 e. The molecule has 0 aliphatic heterocycles. The maximum Gasteiger partial charge on any atom is 0.162 e. The number of allylic oxidation sites excluding steroid dienone is 2. The first kappa shape index (κ1) is 40.1. The molecule has 1 aliphatic carbocycles. The zero-order chi connectivity index (χ0) is 34.7. The van der Waals surface area contributed by atoms with Gasteiger partial charge in [0.15, 0.2) is 5.78 Å². The number of carbonyl (C=O) groups is 1. The van der Waals surface area contributed by atoms with Crippen molar-refractivity contribution in [1.82, 2.24) is 4.98 Å². The van der Waals surface area contributed by atoms with Crippen LogP contribution in [-0.4, -0.2) is 15.9 Å². The molecule has 1 aliphatic rings. The fraction of sp³-hybridized carbons (Fsp3) is 0.535. The molecule has 0 saturated heterocycles. The third-order valence-electron chi connectivity index (χ3n) is 10.6. The van der Waals surface area contributed by atoms with Crippen LogP contribution in [0.4, 0.5) is 0 Å². The van der Waals surface area contributed by atoms with Gasteiger partial charge in [0.1, 0.15) is 0 Å². The molecule has 5 rings (SSSR count). The summed E-state index contributed by atoms with van der Waals surface area (Å²) < 4.78 is 2.79. The molecule has 1 radical (unpaired) electrons. The van der Waals surface area contributed by atoms with Crippen LogP contribution in [-0.2, 0) is 42.2 Å². The van der Waals surface area contributed by atoms with Crippen molar-refractivity contribution < 1.29 is 30.0 Å². The van der Waals surface area contributed by atoms with Crippen molar-refractivity contribution in [3.63, 3.8) is 0 Å². The van der Waals surface area contributed by atoms with Gasteiger partial charge < -0.3 is 10.1 Å². The van der Waals surface area contributed by atoms with Gasteiger partial charge in [-0.15, -0.1) is 47.2 Å². The van der Waals surface area contributed by atoms with E-state index in [1.807, 2.05) is 57.4 Å². The van der Waals surface area contributed by atoms with Gasteiger partial charge in [-0.25, -0.2) is 0 Å². The number of carbonyl (C=O) groups excluding carboxylic acids is 1. The predicted molar refractivity (Wildman–Crippen MR) is 204 cm³/mol. The summed E-state index contributed by atoms with van der Waals surface area (Å²) in [4.78, 5) is 16.5. The van der Waals surface area contributed by atoms with Gasteiger partial charge in [0.05, 0.1) is 5.76 Å². The van der Waals surface area contributed by atoms with Gasteiger partial charge in [-0.05, 0) is 102 Å². The molecule has 0 bridgehead atoms. The van der Waals surface area contributed by atoms with Crippen molar-refractivity contribution in [2.45, 2.75) is 132 Å². The molecule has 2 aromatic heterocycles. The fourth-order valence-electron chi connectivity index (χ4n) is 7.62. The molecule has 2 aromatic carbocycles. The van der Waals surface area contributed by atoms with E-state index in [9.17, 15) is 9.90 Å². The standard InChI is InChI=1S/C30H34NS.C13H24O2.Ir/c1-18(2)17-22-19(3)23-21-13-16-31-26(20-11-9-8-10-12-20)27(21)32-28(23)25-24(22)29(4,5)14-15-30(25,6)7;1-5-10(6-2)12(14)9-13(15)11(7-3)8-4;/h8-11,13,16,18H,14-15,17H2,1-7H3;9-11,14H,5-8H2,1-4H3;/q-1;;/b;12-9-;. The Bertz CT molecular complexity index is 1720. The first-order valence-corrected chi connectivity index (χ1v) is 18.8. The minimum absolute atomic E-state index is 0. The van der Waals surface area contributed by atoms with Gasteiger partial charge in [-0.3, -0.25) is 4.79 Å². The molecule has 0 spiro atoms. The van der Waals surface area contributed by atoms with Crippen molar-refractivity contribution in [1.29, 1.82) is 0 Å². The molecule has 0 unspecified atom stereocenters. The summed E-state index contributed by atoms with van der Waals surface area (Å²) in [6.45, 7) is 25.0.